The molecule has 0 aliphatic carbocycles. The molecule has 0 saturated heterocycles. The van der Waals surface area contributed by atoms with Gasteiger partial charge in [0.1, 0.15) is 0 Å². The van der Waals surface area contributed by atoms with Crippen LogP contribution >= 0.6 is 0 Å². The largest absolute Gasteiger partial charge is 1.00 e. The predicted octanol–water partition coefficient (Wildman–Crippen LogP) is 0.210. The van der Waals surface area contributed by atoms with Gasteiger partial charge in [0.15, 0.2) is 0 Å². The van der Waals surface area contributed by atoms with Gasteiger partial charge < -0.3 is 9.84 Å². The number of aliphatic hydroxyl groups excluding tert-OH is 1. The highest BCUT2D eigenvalue weighted by atomic mass is 16.5. The summed E-state index contributed by atoms with van der Waals surface area (Å²) in [5, 5.41) is 8.23. The van der Waals surface area contributed by atoms with Gasteiger partial charge in [-0.05, 0) is 0 Å². The van der Waals surface area contributed by atoms with E-state index in [1.54, 1.807) is 0 Å². The summed E-state index contributed by atoms with van der Waals surface area (Å²) in [6.45, 7) is 3.51. The van der Waals surface area contributed by atoms with E-state index >= 15 is 0 Å². The normalized spacial score (nSPS) is 8.56. The fourth-order valence-electron chi connectivity index (χ4n) is 0.296. The van der Waals surface area contributed by atoms with Gasteiger partial charge >= 0.3 is 7.40 Å². The van der Waals surface area contributed by atoms with Gasteiger partial charge in [-0.25, -0.2) is 4.79 Å². The van der Waals surface area contributed by atoms with Gasteiger partial charge in [-0.15, -0.1) is 0 Å². The quantitative estimate of drug-likeness (QED) is 0.337. The molecule has 0 aromatic heterocycles. The summed E-state index contributed by atoms with van der Waals surface area (Å²) in [6.07, 6.45) is 1.58. The van der Waals surface area contributed by atoms with Crippen molar-refractivity contribution < 1.29 is 16.1 Å². The molecule has 0 bridgehead atoms. The van der Waals surface area contributed by atoms with E-state index in [-0.39, 0.29) is 14.6 Å². The van der Waals surface area contributed by atoms with E-state index in [2.05, 4.69) is 11.3 Å². The molecule has 52 valence electrons. The highest BCUT2D eigenvalue weighted by Gasteiger charge is 1.91. The number of hydrogen-bond acceptors (Lipinski definition) is 3. The maximum atomic E-state index is 10.3. The fourth-order valence-corrected chi connectivity index (χ4v) is 0.296. The number of ether oxygens (including phenoxy) is 1. The first-order chi connectivity index (χ1) is 4.31. The van der Waals surface area contributed by atoms with Gasteiger partial charge in [-0.3, -0.25) is 0 Å². The first-order valence-electron chi connectivity index (χ1n) is 2.71. The zero-order valence-corrected chi connectivity index (χ0v) is 5.17. The third kappa shape index (κ3) is 5.03. The molecular formula is C6H11O3+. The van der Waals surface area contributed by atoms with Crippen molar-refractivity contribution in [3.63, 3.8) is 0 Å². The van der Waals surface area contributed by atoms with Crippen molar-refractivity contribution >= 4 is 5.97 Å². The highest BCUT2D eigenvalue weighted by Crippen LogP contribution is 1.82. The van der Waals surface area contributed by atoms with Crippen molar-refractivity contribution in [3.05, 3.63) is 12.7 Å². The summed E-state index contributed by atoms with van der Waals surface area (Å²) in [5.41, 5.74) is 0. The summed E-state index contributed by atoms with van der Waals surface area (Å²) >= 11 is 0. The number of carbonyl (C=O) groups excluding carboxylic acids is 1. The molecule has 0 heterocycles. The van der Waals surface area contributed by atoms with Crippen molar-refractivity contribution in [2.75, 3.05) is 13.2 Å². The van der Waals surface area contributed by atoms with Crippen molar-refractivity contribution in [2.45, 2.75) is 6.42 Å². The minimum Gasteiger partial charge on any atom is -0.462 e. The fraction of sp³-hybridized carbons (Fsp3) is 0.500. The van der Waals surface area contributed by atoms with Crippen LogP contribution < -0.4 is 0 Å². The van der Waals surface area contributed by atoms with E-state index < -0.39 is 5.97 Å². The Morgan fingerprint density at radius 3 is 3.00 bits per heavy atom. The molecule has 0 aromatic rings. The van der Waals surface area contributed by atoms with Crippen LogP contribution in [0.4, 0.5) is 0 Å². The van der Waals surface area contributed by atoms with Gasteiger partial charge in [-0.2, -0.15) is 0 Å². The van der Waals surface area contributed by atoms with Crippen molar-refractivity contribution in [3.8, 4) is 0 Å². The molecule has 0 aliphatic heterocycles. The molecule has 0 aliphatic rings. The molecule has 9 heavy (non-hydrogen) atoms. The minimum atomic E-state index is -0.441. The van der Waals surface area contributed by atoms with Gasteiger partial charge in [0.25, 0.3) is 0 Å². The maximum Gasteiger partial charge on any atom is 1.00 e. The molecular weight excluding hydrogens is 120 g/mol. The smallest absolute Gasteiger partial charge is 0.462 e. The molecule has 0 amide bonds. The number of carbonyl (C=O) groups is 1. The molecule has 0 fully saturated rings. The summed E-state index contributed by atoms with van der Waals surface area (Å²) in [7, 11) is 0. The lowest BCUT2D eigenvalue weighted by atomic mass is 10.5. The third-order valence-corrected chi connectivity index (χ3v) is 0.713. The van der Waals surface area contributed by atoms with Crippen LogP contribution in [0, 0.1) is 0 Å². The van der Waals surface area contributed by atoms with E-state index in [1.165, 1.54) is 0 Å². The summed E-state index contributed by atoms with van der Waals surface area (Å²) < 4.78 is 4.51. The van der Waals surface area contributed by atoms with Crippen LogP contribution in [0.5, 0.6) is 0 Å². The standard InChI is InChI=1S/C6H10O3/c1-2-6(8)9-5-3-4-7/h2,7H,1,3-5H2/p+1. The Morgan fingerprint density at radius 2 is 2.56 bits per heavy atom. The average Bonchev–Trinajstić information content (AvgIpc) is 1.89. The van der Waals surface area contributed by atoms with Gasteiger partial charge in [-0.1, -0.05) is 6.58 Å². The van der Waals surface area contributed by atoms with Crippen molar-refractivity contribution in [1.29, 1.82) is 0 Å². The molecule has 0 unspecified atom stereocenters. The van der Waals surface area contributed by atoms with Crippen LogP contribution in [0.2, 0.25) is 0 Å². The molecule has 0 saturated carbocycles. The van der Waals surface area contributed by atoms with Crippen LogP contribution in [-0.2, 0) is 9.53 Å². The number of aliphatic hydroxyl groups is 1. The topological polar surface area (TPSA) is 46.5 Å². The van der Waals surface area contributed by atoms with Crippen LogP contribution in [0.1, 0.15) is 7.85 Å². The second kappa shape index (κ2) is 5.31. The maximum absolute atomic E-state index is 10.3. The second-order valence-electron chi connectivity index (χ2n) is 1.45. The molecule has 0 spiro atoms. The Labute approximate surface area is 55.4 Å². The molecule has 0 rings (SSSR count). The van der Waals surface area contributed by atoms with E-state index in [9.17, 15) is 4.79 Å². The van der Waals surface area contributed by atoms with Crippen LogP contribution in [0.3, 0.4) is 0 Å². The minimum absolute atomic E-state index is 0. The van der Waals surface area contributed by atoms with Crippen molar-refractivity contribution in [2.24, 2.45) is 0 Å². The van der Waals surface area contributed by atoms with E-state index in [0.717, 1.165) is 6.08 Å². The SMILES string of the molecule is C=CC(=O)OCCCO.[H+]. The predicted molar refractivity (Wildman–Crippen MR) is 34.0 cm³/mol. The van der Waals surface area contributed by atoms with Gasteiger partial charge in [0, 0.05) is 19.1 Å². The van der Waals surface area contributed by atoms with Crippen molar-refractivity contribution in [1.82, 2.24) is 0 Å². The molecule has 1 N–H and O–H groups in total. The van der Waals surface area contributed by atoms with E-state index in [4.69, 9.17) is 5.11 Å². The Balaban J connectivity index is 0. The molecule has 0 aromatic carbocycles. The third-order valence-electron chi connectivity index (χ3n) is 0.713. The second-order valence-corrected chi connectivity index (χ2v) is 1.45. The Bertz CT molecular complexity index is 103. The van der Waals surface area contributed by atoms with E-state index in [0.29, 0.717) is 6.42 Å². The Kier molecular flexibility index (Phi) is 4.82. The number of esters is 1. The monoisotopic (exact) mass is 131 g/mol. The van der Waals surface area contributed by atoms with Crippen LogP contribution in [-0.4, -0.2) is 24.3 Å². The molecule has 0 radical (unpaired) electrons. The summed E-state index contributed by atoms with van der Waals surface area (Å²) in [5.74, 6) is -0.441. The zero-order valence-electron chi connectivity index (χ0n) is 6.17. The lowest BCUT2D eigenvalue weighted by Gasteiger charge is -1.96. The van der Waals surface area contributed by atoms with Crippen LogP contribution in [0.15, 0.2) is 12.7 Å². The molecule has 3 heteroatoms. The molecule has 0 atom stereocenters. The lowest BCUT2D eigenvalue weighted by Crippen LogP contribution is -2.02. The zero-order chi connectivity index (χ0) is 7.11. The average molecular weight is 131 g/mol. The number of rotatable bonds is 4. The molecule has 3 nitrogen and oxygen atoms in total. The summed E-state index contributed by atoms with van der Waals surface area (Å²) in [6, 6.07) is 0. The highest BCUT2D eigenvalue weighted by molar-refractivity contribution is 5.81. The van der Waals surface area contributed by atoms with Gasteiger partial charge in [0.2, 0.25) is 0 Å². The number of hydrogen-bond donors (Lipinski definition) is 1. The lowest BCUT2D eigenvalue weighted by molar-refractivity contribution is -0.137. The first-order valence-corrected chi connectivity index (χ1v) is 2.71. The Morgan fingerprint density at radius 1 is 1.89 bits per heavy atom. The van der Waals surface area contributed by atoms with Crippen LogP contribution in [0.25, 0.3) is 0 Å². The first kappa shape index (κ1) is 8.17. The summed E-state index contributed by atoms with van der Waals surface area (Å²) in [4.78, 5) is 10.3. The van der Waals surface area contributed by atoms with E-state index in [1.807, 2.05) is 0 Å². The van der Waals surface area contributed by atoms with Gasteiger partial charge in [0.05, 0.1) is 6.61 Å². The Hall–Kier alpha value is -0.830.